The number of hydrogen-bond donors (Lipinski definition) is 1. The van der Waals surface area contributed by atoms with E-state index in [1.54, 1.807) is 24.2 Å². The van der Waals surface area contributed by atoms with Gasteiger partial charge in [0, 0.05) is 37.0 Å². The topological polar surface area (TPSA) is 108 Å². The molecular formula is C28H29N7O2. The van der Waals surface area contributed by atoms with Crippen LogP contribution < -0.4 is 10.1 Å². The molecule has 5 rings (SSSR count). The number of benzene rings is 1. The van der Waals surface area contributed by atoms with E-state index in [0.717, 1.165) is 65.2 Å². The Hall–Kier alpha value is -4.40. The number of amides is 1. The van der Waals surface area contributed by atoms with Gasteiger partial charge in [-0.2, -0.15) is 10.2 Å². The minimum absolute atomic E-state index is 0.249. The molecule has 1 aromatic carbocycles. The summed E-state index contributed by atoms with van der Waals surface area (Å²) < 4.78 is 7.06. The monoisotopic (exact) mass is 495 g/mol. The molecule has 9 nitrogen and oxygen atoms in total. The Labute approximate surface area is 215 Å². The number of nitrogens with one attached hydrogen (secondary N) is 1. The molecule has 9 heteroatoms. The van der Waals surface area contributed by atoms with Crippen molar-refractivity contribution in [3.63, 3.8) is 0 Å². The van der Waals surface area contributed by atoms with Crippen LogP contribution in [-0.4, -0.2) is 43.2 Å². The van der Waals surface area contributed by atoms with Gasteiger partial charge in [0.2, 0.25) is 0 Å². The van der Waals surface area contributed by atoms with Crippen LogP contribution in [0.2, 0.25) is 0 Å². The molecule has 0 unspecified atom stereocenters. The van der Waals surface area contributed by atoms with E-state index in [9.17, 15) is 4.79 Å². The molecule has 0 saturated carbocycles. The highest BCUT2D eigenvalue weighted by Crippen LogP contribution is 2.31. The molecule has 0 atom stereocenters. The highest BCUT2D eigenvalue weighted by atomic mass is 16.5. The van der Waals surface area contributed by atoms with Crippen LogP contribution in [0.4, 0.5) is 0 Å². The SMILES string of the molecule is COc1cccc(C2=Cc3cc(CCCCn4cc(C(=O)NCc5ccc(C)nc5)nn4)nnc3C2)c1. The smallest absolute Gasteiger partial charge is 0.273 e. The number of allylic oxidation sites excluding steroid dienone is 1. The average Bonchev–Trinajstić information content (AvgIpc) is 3.58. The van der Waals surface area contributed by atoms with E-state index in [1.807, 2.05) is 37.3 Å². The molecule has 1 aliphatic carbocycles. The third-order valence-corrected chi connectivity index (χ3v) is 6.35. The number of nitrogens with zero attached hydrogens (tertiary/aromatic N) is 6. The molecule has 4 aromatic rings. The Bertz CT molecular complexity index is 1430. The van der Waals surface area contributed by atoms with Crippen LogP contribution >= 0.6 is 0 Å². The molecule has 3 heterocycles. The standard InChI is InChI=1S/C28H29N7O2/c1-19-9-10-20(16-29-19)17-30-28(36)27-18-35(34-33-27)11-4-3-7-24-13-23-12-22(15-26(23)32-31-24)21-6-5-8-25(14-21)37-2/h5-6,8-10,12-14,16,18H,3-4,7,11,15,17H2,1-2H3,(H,30,36). The fraction of sp³-hybridized carbons (Fsp3) is 0.286. The van der Waals surface area contributed by atoms with Crippen LogP contribution in [0.15, 0.2) is 54.9 Å². The van der Waals surface area contributed by atoms with E-state index in [4.69, 9.17) is 4.74 Å². The van der Waals surface area contributed by atoms with Crippen molar-refractivity contribution in [1.82, 2.24) is 35.5 Å². The van der Waals surface area contributed by atoms with Crippen molar-refractivity contribution < 1.29 is 9.53 Å². The van der Waals surface area contributed by atoms with E-state index in [1.165, 1.54) is 5.57 Å². The minimum Gasteiger partial charge on any atom is -0.497 e. The zero-order valence-electron chi connectivity index (χ0n) is 21.0. The number of aryl methyl sites for hydroxylation is 3. The van der Waals surface area contributed by atoms with Crippen LogP contribution in [-0.2, 0) is 25.9 Å². The third-order valence-electron chi connectivity index (χ3n) is 6.35. The highest BCUT2D eigenvalue weighted by Gasteiger charge is 2.17. The van der Waals surface area contributed by atoms with Crippen molar-refractivity contribution in [3.05, 3.63) is 94.3 Å². The Balaban J connectivity index is 1.09. The molecule has 1 aliphatic rings. The van der Waals surface area contributed by atoms with Gasteiger partial charge in [-0.25, -0.2) is 0 Å². The minimum atomic E-state index is -0.249. The first-order valence-electron chi connectivity index (χ1n) is 12.4. The van der Waals surface area contributed by atoms with Crippen LogP contribution in [0.3, 0.4) is 0 Å². The van der Waals surface area contributed by atoms with Gasteiger partial charge in [-0.3, -0.25) is 14.5 Å². The first-order valence-corrected chi connectivity index (χ1v) is 12.4. The zero-order chi connectivity index (χ0) is 25.6. The molecule has 0 fully saturated rings. The van der Waals surface area contributed by atoms with E-state index >= 15 is 0 Å². The highest BCUT2D eigenvalue weighted by molar-refractivity contribution is 5.91. The number of fused-ring (bicyclic) bond motifs is 1. The van der Waals surface area contributed by atoms with Gasteiger partial charge >= 0.3 is 0 Å². The van der Waals surface area contributed by atoms with Gasteiger partial charge in [-0.15, -0.1) is 5.10 Å². The van der Waals surface area contributed by atoms with Crippen molar-refractivity contribution in [2.45, 2.75) is 45.7 Å². The van der Waals surface area contributed by atoms with Gasteiger partial charge in [-0.1, -0.05) is 23.4 Å². The predicted octanol–water partition coefficient (Wildman–Crippen LogP) is 3.83. The predicted molar refractivity (Wildman–Crippen MR) is 140 cm³/mol. The first kappa shape index (κ1) is 24.3. The fourth-order valence-electron chi connectivity index (χ4n) is 4.25. The maximum atomic E-state index is 12.4. The average molecular weight is 496 g/mol. The Kier molecular flexibility index (Phi) is 7.30. The van der Waals surface area contributed by atoms with Crippen molar-refractivity contribution in [2.24, 2.45) is 0 Å². The van der Waals surface area contributed by atoms with Crippen LogP contribution in [0.5, 0.6) is 5.75 Å². The summed E-state index contributed by atoms with van der Waals surface area (Å²) in [5.74, 6) is 0.600. The maximum Gasteiger partial charge on any atom is 0.273 e. The maximum absolute atomic E-state index is 12.4. The second kappa shape index (κ2) is 11.1. The lowest BCUT2D eigenvalue weighted by atomic mass is 10.1. The lowest BCUT2D eigenvalue weighted by Crippen LogP contribution is -2.23. The molecule has 0 bridgehead atoms. The first-order chi connectivity index (χ1) is 18.1. The van der Waals surface area contributed by atoms with Crippen molar-refractivity contribution in [2.75, 3.05) is 7.11 Å². The van der Waals surface area contributed by atoms with Gasteiger partial charge in [0.25, 0.3) is 5.91 Å². The largest absolute Gasteiger partial charge is 0.497 e. The second-order valence-electron chi connectivity index (χ2n) is 9.13. The van der Waals surface area contributed by atoms with Crippen LogP contribution in [0.1, 0.15) is 57.1 Å². The summed E-state index contributed by atoms with van der Waals surface area (Å²) >= 11 is 0. The zero-order valence-corrected chi connectivity index (χ0v) is 21.0. The van der Waals surface area contributed by atoms with E-state index in [-0.39, 0.29) is 5.91 Å². The molecule has 188 valence electrons. The van der Waals surface area contributed by atoms with Crippen molar-refractivity contribution >= 4 is 17.6 Å². The van der Waals surface area contributed by atoms with E-state index < -0.39 is 0 Å². The molecule has 0 radical (unpaired) electrons. The summed E-state index contributed by atoms with van der Waals surface area (Å²) in [5, 5.41) is 19.9. The number of methoxy groups -OCH3 is 1. The molecule has 0 spiro atoms. The van der Waals surface area contributed by atoms with Gasteiger partial charge in [-0.05, 0) is 73.2 Å². The Morgan fingerprint density at radius 2 is 2.03 bits per heavy atom. The number of unbranched alkanes of at least 4 members (excludes halogenated alkanes) is 1. The summed E-state index contributed by atoms with van der Waals surface area (Å²) in [4.78, 5) is 16.6. The molecule has 0 saturated heterocycles. The van der Waals surface area contributed by atoms with E-state index in [0.29, 0.717) is 18.8 Å². The number of carbonyl (C=O) groups is 1. The number of ether oxygens (including phenoxy) is 1. The van der Waals surface area contributed by atoms with Crippen LogP contribution in [0, 0.1) is 6.92 Å². The quantitative estimate of drug-likeness (QED) is 0.333. The number of carbonyl (C=O) groups excluding carboxylic acids is 1. The summed E-state index contributed by atoms with van der Waals surface area (Å²) in [7, 11) is 1.68. The number of rotatable bonds is 10. The van der Waals surface area contributed by atoms with Gasteiger partial charge in [0.1, 0.15) is 5.75 Å². The molecule has 37 heavy (non-hydrogen) atoms. The summed E-state index contributed by atoms with van der Waals surface area (Å²) in [5.41, 5.74) is 7.68. The fourth-order valence-corrected chi connectivity index (χ4v) is 4.25. The van der Waals surface area contributed by atoms with Gasteiger partial charge in [0.05, 0.1) is 24.7 Å². The number of pyridine rings is 1. The third kappa shape index (κ3) is 6.06. The van der Waals surface area contributed by atoms with E-state index in [2.05, 4.69) is 49.0 Å². The van der Waals surface area contributed by atoms with Crippen molar-refractivity contribution in [1.29, 1.82) is 0 Å². The lowest BCUT2D eigenvalue weighted by Gasteiger charge is -2.05. The molecule has 3 aromatic heterocycles. The number of hydrogen-bond acceptors (Lipinski definition) is 7. The summed E-state index contributed by atoms with van der Waals surface area (Å²) in [6.45, 7) is 3.01. The molecule has 0 aliphatic heterocycles. The summed E-state index contributed by atoms with van der Waals surface area (Å²) in [6, 6.07) is 14.1. The second-order valence-corrected chi connectivity index (χ2v) is 9.13. The lowest BCUT2D eigenvalue weighted by molar-refractivity contribution is 0.0945. The molecule has 1 amide bonds. The normalized spacial score (nSPS) is 12.2. The number of aromatic nitrogens is 6. The Morgan fingerprint density at radius 1 is 1.11 bits per heavy atom. The van der Waals surface area contributed by atoms with Gasteiger partial charge in [0.15, 0.2) is 5.69 Å². The molecule has 1 N–H and O–H groups in total. The molecular weight excluding hydrogens is 466 g/mol. The summed E-state index contributed by atoms with van der Waals surface area (Å²) in [6.07, 6.45) is 9.07. The van der Waals surface area contributed by atoms with Gasteiger partial charge < -0.3 is 10.1 Å². The van der Waals surface area contributed by atoms with Crippen LogP contribution in [0.25, 0.3) is 11.6 Å². The van der Waals surface area contributed by atoms with Crippen molar-refractivity contribution in [3.8, 4) is 5.75 Å². The Morgan fingerprint density at radius 3 is 2.86 bits per heavy atom.